The molecule has 3 rings (SSSR count). The number of nitrogens with zero attached hydrogens (tertiary/aromatic N) is 2. The fourth-order valence-corrected chi connectivity index (χ4v) is 4.48. The van der Waals surface area contributed by atoms with Crippen molar-refractivity contribution in [2.45, 2.75) is 20.3 Å². The van der Waals surface area contributed by atoms with Gasteiger partial charge in [-0.15, -0.1) is 11.3 Å². The van der Waals surface area contributed by atoms with E-state index in [1.807, 2.05) is 19.0 Å². The Morgan fingerprint density at radius 1 is 1.38 bits per heavy atom. The van der Waals surface area contributed by atoms with Crippen LogP contribution in [0, 0.1) is 11.3 Å². The van der Waals surface area contributed by atoms with Gasteiger partial charge in [0.25, 0.3) is 5.91 Å². The van der Waals surface area contributed by atoms with Crippen LogP contribution in [0.5, 0.6) is 0 Å². The second-order valence-corrected chi connectivity index (χ2v) is 8.93. The van der Waals surface area contributed by atoms with Gasteiger partial charge in [0.05, 0.1) is 4.88 Å². The summed E-state index contributed by atoms with van der Waals surface area (Å²) in [5.74, 6) is 0.752. The Balaban J connectivity index is 1.71. The number of hydrogen-bond donors (Lipinski definition) is 1. The van der Waals surface area contributed by atoms with E-state index in [0.29, 0.717) is 12.5 Å². The summed E-state index contributed by atoms with van der Waals surface area (Å²) < 4.78 is 1.17. The van der Waals surface area contributed by atoms with Gasteiger partial charge >= 0.3 is 0 Å². The van der Waals surface area contributed by atoms with Crippen LogP contribution in [-0.4, -0.2) is 44.5 Å². The molecule has 2 aromatic rings. The van der Waals surface area contributed by atoms with Gasteiger partial charge in [-0.3, -0.25) is 4.79 Å². The number of likely N-dealkylation sites (tertiary alicyclic amines) is 1. The molecule has 1 aromatic carbocycles. The number of fused-ring (bicyclic) bond motifs is 1. The predicted octanol–water partition coefficient (Wildman–Crippen LogP) is 3.41. The smallest absolute Gasteiger partial charge is 0.263 e. The molecule has 0 unspecified atom stereocenters. The van der Waals surface area contributed by atoms with E-state index >= 15 is 0 Å². The average molecular weight is 346 g/mol. The van der Waals surface area contributed by atoms with Crippen molar-refractivity contribution in [2.24, 2.45) is 17.1 Å². The minimum Gasteiger partial charge on any atom is -0.377 e. The summed E-state index contributed by atoms with van der Waals surface area (Å²) in [6.45, 7) is 6.81. The summed E-state index contributed by atoms with van der Waals surface area (Å²) in [4.78, 5) is 17.7. The van der Waals surface area contributed by atoms with E-state index in [1.165, 1.54) is 4.70 Å². The molecule has 0 atom stereocenters. The molecular formula is C19H27N3OS. The van der Waals surface area contributed by atoms with Crippen LogP contribution in [-0.2, 0) is 0 Å². The Morgan fingerprint density at radius 2 is 2.08 bits per heavy atom. The van der Waals surface area contributed by atoms with Crippen molar-refractivity contribution in [3.8, 4) is 0 Å². The van der Waals surface area contributed by atoms with Gasteiger partial charge < -0.3 is 15.5 Å². The van der Waals surface area contributed by atoms with Crippen molar-refractivity contribution in [1.82, 2.24) is 4.90 Å². The predicted molar refractivity (Wildman–Crippen MR) is 103 cm³/mol. The van der Waals surface area contributed by atoms with E-state index in [-0.39, 0.29) is 11.3 Å². The van der Waals surface area contributed by atoms with Gasteiger partial charge in [-0.05, 0) is 42.5 Å². The van der Waals surface area contributed by atoms with Crippen molar-refractivity contribution < 1.29 is 4.79 Å². The zero-order chi connectivity index (χ0) is 17.5. The van der Waals surface area contributed by atoms with E-state index in [4.69, 9.17) is 5.73 Å². The molecule has 2 N–H and O–H groups in total. The van der Waals surface area contributed by atoms with Gasteiger partial charge in [-0.25, -0.2) is 0 Å². The highest BCUT2D eigenvalue weighted by molar-refractivity contribution is 7.20. The molecule has 0 radical (unpaired) electrons. The largest absolute Gasteiger partial charge is 0.377 e. The highest BCUT2D eigenvalue weighted by Gasteiger charge is 2.35. The molecule has 1 aliphatic heterocycles. The highest BCUT2D eigenvalue weighted by atomic mass is 32.1. The molecule has 1 amide bonds. The first-order chi connectivity index (χ1) is 11.3. The van der Waals surface area contributed by atoms with Crippen molar-refractivity contribution in [1.29, 1.82) is 0 Å². The Labute approximate surface area is 148 Å². The fraction of sp³-hybridized carbons (Fsp3) is 0.526. The van der Waals surface area contributed by atoms with Crippen LogP contribution in [0.3, 0.4) is 0 Å². The van der Waals surface area contributed by atoms with Crippen LogP contribution in [0.15, 0.2) is 24.3 Å². The molecule has 130 valence electrons. The van der Waals surface area contributed by atoms with Gasteiger partial charge in [0.2, 0.25) is 0 Å². The molecule has 24 heavy (non-hydrogen) atoms. The summed E-state index contributed by atoms with van der Waals surface area (Å²) in [5.41, 5.74) is 7.14. The minimum absolute atomic E-state index is 0.165. The number of hydrogen-bond acceptors (Lipinski definition) is 4. The third kappa shape index (κ3) is 3.28. The SMILES string of the molecule is CN(C)c1cccc2sc(C(=O)N3CC(CC(C)(C)CN)C3)cc12. The molecule has 0 spiro atoms. The monoisotopic (exact) mass is 345 g/mol. The van der Waals surface area contributed by atoms with E-state index in [9.17, 15) is 4.79 Å². The lowest BCUT2D eigenvalue weighted by Crippen LogP contribution is -2.51. The molecule has 2 heterocycles. The molecule has 0 bridgehead atoms. The number of rotatable bonds is 5. The average Bonchev–Trinajstić information content (AvgIpc) is 2.93. The molecule has 0 saturated carbocycles. The third-order valence-electron chi connectivity index (χ3n) is 4.87. The summed E-state index contributed by atoms with van der Waals surface area (Å²) in [6.07, 6.45) is 1.09. The maximum atomic E-state index is 12.8. The number of amides is 1. The number of benzene rings is 1. The Bertz CT molecular complexity index is 744. The molecule has 1 saturated heterocycles. The zero-order valence-corrected chi connectivity index (χ0v) is 15.8. The molecular weight excluding hydrogens is 318 g/mol. The van der Waals surface area contributed by atoms with Gasteiger partial charge in [-0.1, -0.05) is 19.9 Å². The van der Waals surface area contributed by atoms with Crippen molar-refractivity contribution in [2.75, 3.05) is 38.6 Å². The first-order valence-corrected chi connectivity index (χ1v) is 9.31. The molecule has 0 aliphatic carbocycles. The van der Waals surface area contributed by atoms with Gasteiger partial charge in [0.1, 0.15) is 0 Å². The van der Waals surface area contributed by atoms with Crippen LogP contribution in [0.2, 0.25) is 0 Å². The molecule has 1 fully saturated rings. The summed E-state index contributed by atoms with van der Waals surface area (Å²) in [7, 11) is 4.07. The number of thiophene rings is 1. The van der Waals surface area contributed by atoms with E-state index in [2.05, 4.69) is 43.0 Å². The summed E-state index contributed by atoms with van der Waals surface area (Å²) in [5, 5.41) is 1.16. The van der Waals surface area contributed by atoms with Crippen LogP contribution in [0.25, 0.3) is 10.1 Å². The molecule has 1 aliphatic rings. The molecule has 4 nitrogen and oxygen atoms in total. The number of anilines is 1. The van der Waals surface area contributed by atoms with Crippen LogP contribution >= 0.6 is 11.3 Å². The van der Waals surface area contributed by atoms with Crippen molar-refractivity contribution in [3.63, 3.8) is 0 Å². The lowest BCUT2D eigenvalue weighted by atomic mass is 9.79. The Morgan fingerprint density at radius 3 is 2.71 bits per heavy atom. The van der Waals surface area contributed by atoms with Crippen molar-refractivity contribution >= 4 is 33.0 Å². The quantitative estimate of drug-likeness (QED) is 0.903. The Hall–Kier alpha value is -1.59. The van der Waals surface area contributed by atoms with Gasteiger partial charge in [0.15, 0.2) is 0 Å². The standard InChI is InChI=1S/C19H27N3OS/c1-19(2,12-20)9-13-10-22(11-13)18(23)17-8-14-15(21(3)4)6-5-7-16(14)24-17/h5-8,13H,9-12,20H2,1-4H3. The van der Waals surface area contributed by atoms with E-state index in [1.54, 1.807) is 11.3 Å². The van der Waals surface area contributed by atoms with Crippen molar-refractivity contribution in [3.05, 3.63) is 29.1 Å². The molecule has 1 aromatic heterocycles. The lowest BCUT2D eigenvalue weighted by Gasteiger charge is -2.42. The van der Waals surface area contributed by atoms with E-state index < -0.39 is 0 Å². The summed E-state index contributed by atoms with van der Waals surface area (Å²) >= 11 is 1.60. The fourth-order valence-electron chi connectivity index (χ4n) is 3.43. The molecule has 5 heteroatoms. The number of carbonyl (C=O) groups is 1. The highest BCUT2D eigenvalue weighted by Crippen LogP contribution is 2.35. The van der Waals surface area contributed by atoms with Gasteiger partial charge in [0, 0.05) is 43.0 Å². The van der Waals surface area contributed by atoms with E-state index in [0.717, 1.165) is 35.5 Å². The Kier molecular flexibility index (Phi) is 4.58. The minimum atomic E-state index is 0.165. The van der Waals surface area contributed by atoms with Crippen LogP contribution < -0.4 is 10.6 Å². The topological polar surface area (TPSA) is 49.6 Å². The zero-order valence-electron chi connectivity index (χ0n) is 15.0. The number of nitrogens with two attached hydrogens (primary N) is 1. The number of carbonyl (C=O) groups excluding carboxylic acids is 1. The van der Waals surface area contributed by atoms with Crippen LogP contribution in [0.1, 0.15) is 29.9 Å². The normalized spacial score (nSPS) is 15.6. The first-order valence-electron chi connectivity index (χ1n) is 8.50. The maximum absolute atomic E-state index is 12.8. The van der Waals surface area contributed by atoms with Gasteiger partial charge in [-0.2, -0.15) is 0 Å². The second kappa shape index (κ2) is 6.37. The summed E-state index contributed by atoms with van der Waals surface area (Å²) in [6, 6.07) is 8.29. The third-order valence-corrected chi connectivity index (χ3v) is 5.96. The lowest BCUT2D eigenvalue weighted by molar-refractivity contribution is 0.0412. The maximum Gasteiger partial charge on any atom is 0.263 e. The second-order valence-electron chi connectivity index (χ2n) is 7.84. The van der Waals surface area contributed by atoms with Crippen LogP contribution in [0.4, 0.5) is 5.69 Å². The first kappa shape index (κ1) is 17.2.